The van der Waals surface area contributed by atoms with E-state index in [9.17, 15) is 0 Å². The molecule has 21 heavy (non-hydrogen) atoms. The second kappa shape index (κ2) is 11.4. The molecule has 2 heterocycles. The summed E-state index contributed by atoms with van der Waals surface area (Å²) in [5.41, 5.74) is 0. The zero-order valence-electron chi connectivity index (χ0n) is 13.1. The zero-order chi connectivity index (χ0) is 14.6. The van der Waals surface area contributed by atoms with Crippen LogP contribution in [0.2, 0.25) is 0 Å². The van der Waals surface area contributed by atoms with Gasteiger partial charge in [-0.2, -0.15) is 0 Å². The smallest absolute Gasteiger partial charge is 0.0808 e. The lowest BCUT2D eigenvalue weighted by molar-refractivity contribution is -0.0632. The normalized spacial score (nSPS) is 26.9. The first kappa shape index (κ1) is 17.2. The highest BCUT2D eigenvalue weighted by molar-refractivity contribution is 4.63. The summed E-state index contributed by atoms with van der Waals surface area (Å²) >= 11 is 0. The fourth-order valence-electron chi connectivity index (χ4n) is 2.65. The summed E-state index contributed by atoms with van der Waals surface area (Å²) in [6.45, 7) is 5.65. The summed E-state index contributed by atoms with van der Waals surface area (Å²) in [6.07, 6.45) is 7.71. The van der Waals surface area contributed by atoms with Crippen LogP contribution in [0.25, 0.3) is 0 Å². The zero-order valence-corrected chi connectivity index (χ0v) is 13.1. The average molecular weight is 302 g/mol. The molecular weight excluding hydrogens is 272 g/mol. The molecule has 0 aliphatic carbocycles. The van der Waals surface area contributed by atoms with Crippen LogP contribution >= 0.6 is 0 Å². The van der Waals surface area contributed by atoms with Crippen molar-refractivity contribution in [1.82, 2.24) is 0 Å². The molecule has 0 saturated carbocycles. The summed E-state index contributed by atoms with van der Waals surface area (Å²) in [5, 5.41) is 0. The molecule has 2 unspecified atom stereocenters. The van der Waals surface area contributed by atoms with Crippen molar-refractivity contribution >= 4 is 0 Å². The molecular formula is C16H30O5. The minimum absolute atomic E-state index is 0.289. The van der Waals surface area contributed by atoms with Crippen molar-refractivity contribution in [2.24, 2.45) is 0 Å². The van der Waals surface area contributed by atoms with Crippen LogP contribution in [0, 0.1) is 0 Å². The molecule has 5 heteroatoms. The topological polar surface area (TPSA) is 46.2 Å². The van der Waals surface area contributed by atoms with Crippen LogP contribution < -0.4 is 0 Å². The van der Waals surface area contributed by atoms with Gasteiger partial charge >= 0.3 is 0 Å². The molecule has 0 aromatic heterocycles. The van der Waals surface area contributed by atoms with Gasteiger partial charge in [0.15, 0.2) is 0 Å². The highest BCUT2D eigenvalue weighted by atomic mass is 16.6. The van der Waals surface area contributed by atoms with E-state index in [1.165, 1.54) is 25.7 Å². The Balaban J connectivity index is 1.30. The highest BCUT2D eigenvalue weighted by Crippen LogP contribution is 2.13. The maximum Gasteiger partial charge on any atom is 0.0808 e. The van der Waals surface area contributed by atoms with E-state index in [0.717, 1.165) is 26.1 Å². The molecule has 0 spiro atoms. The van der Waals surface area contributed by atoms with Gasteiger partial charge in [0.05, 0.1) is 51.8 Å². The van der Waals surface area contributed by atoms with Crippen molar-refractivity contribution in [2.45, 2.75) is 50.7 Å². The van der Waals surface area contributed by atoms with Gasteiger partial charge < -0.3 is 23.7 Å². The molecule has 2 rings (SSSR count). The Morgan fingerprint density at radius 1 is 0.619 bits per heavy atom. The molecule has 0 aromatic rings. The third kappa shape index (κ3) is 8.12. The Labute approximate surface area is 128 Å². The van der Waals surface area contributed by atoms with E-state index in [1.807, 2.05) is 0 Å². The first-order valence-corrected chi connectivity index (χ1v) is 8.41. The second-order valence-electron chi connectivity index (χ2n) is 5.74. The van der Waals surface area contributed by atoms with Crippen molar-refractivity contribution < 1.29 is 23.7 Å². The third-order valence-corrected chi connectivity index (χ3v) is 3.90. The van der Waals surface area contributed by atoms with Crippen LogP contribution in [-0.4, -0.2) is 65.1 Å². The molecule has 2 aliphatic heterocycles. The maximum absolute atomic E-state index is 5.60. The number of hydrogen-bond donors (Lipinski definition) is 0. The number of ether oxygens (including phenoxy) is 5. The van der Waals surface area contributed by atoms with Gasteiger partial charge in [0.2, 0.25) is 0 Å². The highest BCUT2D eigenvalue weighted by Gasteiger charge is 2.14. The van der Waals surface area contributed by atoms with Gasteiger partial charge in [0, 0.05) is 13.2 Å². The minimum atomic E-state index is 0.289. The minimum Gasteiger partial charge on any atom is -0.377 e. The number of hydrogen-bond acceptors (Lipinski definition) is 5. The largest absolute Gasteiger partial charge is 0.377 e. The summed E-state index contributed by atoms with van der Waals surface area (Å²) in [5.74, 6) is 0. The summed E-state index contributed by atoms with van der Waals surface area (Å²) in [6, 6.07) is 0. The van der Waals surface area contributed by atoms with E-state index in [4.69, 9.17) is 23.7 Å². The van der Waals surface area contributed by atoms with Crippen LogP contribution in [0.3, 0.4) is 0 Å². The third-order valence-electron chi connectivity index (χ3n) is 3.90. The average Bonchev–Trinajstić information content (AvgIpc) is 2.55. The molecule has 2 aliphatic rings. The van der Waals surface area contributed by atoms with Gasteiger partial charge in [-0.25, -0.2) is 0 Å². The van der Waals surface area contributed by atoms with Crippen molar-refractivity contribution in [3.63, 3.8) is 0 Å². The molecule has 5 nitrogen and oxygen atoms in total. The van der Waals surface area contributed by atoms with E-state index < -0.39 is 0 Å². The summed E-state index contributed by atoms with van der Waals surface area (Å²) in [4.78, 5) is 0. The number of rotatable bonds is 10. The van der Waals surface area contributed by atoms with E-state index in [0.29, 0.717) is 39.6 Å². The van der Waals surface area contributed by atoms with Gasteiger partial charge in [-0.05, 0) is 38.5 Å². The predicted octanol–water partition coefficient (Wildman–Crippen LogP) is 2.17. The van der Waals surface area contributed by atoms with Crippen molar-refractivity contribution in [3.05, 3.63) is 0 Å². The van der Waals surface area contributed by atoms with Gasteiger partial charge in [0.25, 0.3) is 0 Å². The van der Waals surface area contributed by atoms with Crippen molar-refractivity contribution in [1.29, 1.82) is 0 Å². The van der Waals surface area contributed by atoms with E-state index in [2.05, 4.69) is 0 Å². The lowest BCUT2D eigenvalue weighted by atomic mass is 10.1. The fraction of sp³-hybridized carbons (Fsp3) is 1.00. The quantitative estimate of drug-likeness (QED) is 0.579. The lowest BCUT2D eigenvalue weighted by Gasteiger charge is -2.22. The van der Waals surface area contributed by atoms with Crippen molar-refractivity contribution in [2.75, 3.05) is 52.9 Å². The Morgan fingerprint density at radius 3 is 1.52 bits per heavy atom. The Bertz CT molecular complexity index is 213. The Hall–Kier alpha value is -0.200. The molecule has 124 valence electrons. The first-order chi connectivity index (χ1) is 10.4. The molecule has 2 saturated heterocycles. The molecule has 0 bridgehead atoms. The second-order valence-corrected chi connectivity index (χ2v) is 5.74. The van der Waals surface area contributed by atoms with Gasteiger partial charge in [-0.15, -0.1) is 0 Å². The summed E-state index contributed by atoms with van der Waals surface area (Å²) < 4.78 is 27.8. The van der Waals surface area contributed by atoms with E-state index in [-0.39, 0.29) is 12.2 Å². The monoisotopic (exact) mass is 302 g/mol. The van der Waals surface area contributed by atoms with E-state index >= 15 is 0 Å². The first-order valence-electron chi connectivity index (χ1n) is 8.41. The standard InChI is InChI=1S/C16H30O5/c1-3-7-20-15(5-1)13-18-11-9-17-10-12-19-14-16-6-2-4-8-21-16/h15-16H,1-14H2. The molecule has 0 N–H and O–H groups in total. The van der Waals surface area contributed by atoms with Gasteiger partial charge in [-0.1, -0.05) is 0 Å². The van der Waals surface area contributed by atoms with Crippen LogP contribution in [-0.2, 0) is 23.7 Å². The molecule has 0 amide bonds. The van der Waals surface area contributed by atoms with Crippen molar-refractivity contribution in [3.8, 4) is 0 Å². The van der Waals surface area contributed by atoms with E-state index in [1.54, 1.807) is 0 Å². The maximum atomic E-state index is 5.60. The predicted molar refractivity (Wildman–Crippen MR) is 79.6 cm³/mol. The van der Waals surface area contributed by atoms with Gasteiger partial charge in [0.1, 0.15) is 0 Å². The van der Waals surface area contributed by atoms with Crippen LogP contribution in [0.15, 0.2) is 0 Å². The SMILES string of the molecule is C1CCC(COCCOCCOCC2CCCCO2)OC1. The fourth-order valence-corrected chi connectivity index (χ4v) is 2.65. The Morgan fingerprint density at radius 2 is 1.10 bits per heavy atom. The van der Waals surface area contributed by atoms with Gasteiger partial charge in [-0.3, -0.25) is 0 Å². The van der Waals surface area contributed by atoms with Crippen LogP contribution in [0.5, 0.6) is 0 Å². The molecule has 0 aromatic carbocycles. The summed E-state index contributed by atoms with van der Waals surface area (Å²) in [7, 11) is 0. The van der Waals surface area contributed by atoms with Crippen LogP contribution in [0.4, 0.5) is 0 Å². The lowest BCUT2D eigenvalue weighted by Crippen LogP contribution is -2.26. The Kier molecular flexibility index (Phi) is 9.30. The molecule has 2 atom stereocenters. The molecule has 2 fully saturated rings. The molecule has 0 radical (unpaired) electrons. The van der Waals surface area contributed by atoms with Crippen LogP contribution in [0.1, 0.15) is 38.5 Å².